The number of nitrogens with one attached hydrogen (secondary N) is 1. The Bertz CT molecular complexity index is 1670. The summed E-state index contributed by atoms with van der Waals surface area (Å²) in [6.07, 6.45) is 0. The number of hydrogen-bond donors (Lipinski definition) is 1. The number of amides is 1. The lowest BCUT2D eigenvalue weighted by Crippen LogP contribution is -2.10. The smallest absolute Gasteiger partial charge is 0.299 e. The Morgan fingerprint density at radius 1 is 1.00 bits per heavy atom. The van der Waals surface area contributed by atoms with Gasteiger partial charge in [-0.25, -0.2) is 4.68 Å². The van der Waals surface area contributed by atoms with Gasteiger partial charge in [0.1, 0.15) is 5.69 Å². The number of anilines is 1. The molecule has 0 spiro atoms. The number of thiazole rings is 1. The molecule has 0 aliphatic rings. The zero-order valence-corrected chi connectivity index (χ0v) is 19.7. The van der Waals surface area contributed by atoms with Crippen LogP contribution in [-0.4, -0.2) is 27.1 Å². The summed E-state index contributed by atoms with van der Waals surface area (Å²) in [5.74, 6) is 0.0370. The molecule has 1 N–H and O–H groups in total. The normalized spacial score (nSPS) is 11.1. The highest BCUT2D eigenvalue weighted by Gasteiger charge is 2.18. The van der Waals surface area contributed by atoms with Crippen molar-refractivity contribution >= 4 is 61.7 Å². The van der Waals surface area contributed by atoms with E-state index in [-0.39, 0.29) is 11.8 Å². The van der Waals surface area contributed by atoms with Crippen molar-refractivity contribution in [1.29, 1.82) is 0 Å². The van der Waals surface area contributed by atoms with Gasteiger partial charge in [0, 0.05) is 21.3 Å². The molecule has 7 nitrogen and oxygen atoms in total. The molecule has 3 aromatic heterocycles. The molecule has 0 aliphatic carbocycles. The van der Waals surface area contributed by atoms with Crippen molar-refractivity contribution in [2.24, 2.45) is 0 Å². The van der Waals surface area contributed by atoms with E-state index < -0.39 is 0 Å². The predicted molar refractivity (Wildman–Crippen MR) is 139 cm³/mol. The predicted octanol–water partition coefficient (Wildman–Crippen LogP) is 6.15. The van der Waals surface area contributed by atoms with E-state index in [0.29, 0.717) is 22.2 Å². The van der Waals surface area contributed by atoms with Crippen LogP contribution in [0, 0.1) is 0 Å². The third kappa shape index (κ3) is 3.96. The monoisotopic (exact) mass is 496 g/mol. The fourth-order valence-corrected chi connectivity index (χ4v) is 5.54. The van der Waals surface area contributed by atoms with Crippen LogP contribution in [0.1, 0.15) is 9.67 Å². The summed E-state index contributed by atoms with van der Waals surface area (Å²) in [7, 11) is 0. The van der Waals surface area contributed by atoms with Crippen molar-refractivity contribution in [2.75, 3.05) is 5.32 Å². The molecular formula is C26H16N4O3S2. The Balaban J connectivity index is 1.42. The zero-order chi connectivity index (χ0) is 23.8. The van der Waals surface area contributed by atoms with Gasteiger partial charge in [-0.3, -0.25) is 9.59 Å². The molecule has 0 aliphatic heterocycles. The molecule has 0 radical (unpaired) electrons. The summed E-state index contributed by atoms with van der Waals surface area (Å²) < 4.78 is 7.65. The van der Waals surface area contributed by atoms with Crippen molar-refractivity contribution in [3.63, 3.8) is 0 Å². The molecule has 35 heavy (non-hydrogen) atoms. The van der Waals surface area contributed by atoms with Gasteiger partial charge in [0.15, 0.2) is 0 Å². The summed E-state index contributed by atoms with van der Waals surface area (Å²) >= 11 is 2.76. The maximum atomic E-state index is 13.0. The lowest BCUT2D eigenvalue weighted by atomic mass is 10.1. The van der Waals surface area contributed by atoms with E-state index in [1.54, 1.807) is 10.1 Å². The number of thiophene rings is 1. The minimum Gasteiger partial charge on any atom is -0.409 e. The van der Waals surface area contributed by atoms with Gasteiger partial charge in [-0.05, 0) is 35.7 Å². The number of benzene rings is 3. The second-order valence-electron chi connectivity index (χ2n) is 7.64. The van der Waals surface area contributed by atoms with Crippen LogP contribution in [0.2, 0.25) is 0 Å². The third-order valence-electron chi connectivity index (χ3n) is 5.46. The second-order valence-corrected chi connectivity index (χ2v) is 9.56. The van der Waals surface area contributed by atoms with Crippen LogP contribution in [-0.2, 0) is 4.79 Å². The number of hydrogen-bond acceptors (Lipinski definition) is 7. The van der Waals surface area contributed by atoms with E-state index >= 15 is 0 Å². The number of carbonyl (C=O) groups excluding carboxylic acids is 2. The van der Waals surface area contributed by atoms with Gasteiger partial charge in [-0.2, -0.15) is 10.1 Å². The van der Waals surface area contributed by atoms with Crippen molar-refractivity contribution in [3.8, 4) is 22.3 Å². The molecule has 170 valence electrons. The number of fused-ring (bicyclic) bond motifs is 2. The lowest BCUT2D eigenvalue weighted by Gasteiger charge is -2.05. The van der Waals surface area contributed by atoms with E-state index in [0.717, 1.165) is 32.2 Å². The summed E-state index contributed by atoms with van der Waals surface area (Å²) in [5.41, 5.74) is 3.15. The molecule has 6 aromatic rings. The number of aromatic nitrogens is 3. The lowest BCUT2D eigenvalue weighted by molar-refractivity contribution is -0.120. The van der Waals surface area contributed by atoms with Crippen LogP contribution in [0.3, 0.4) is 0 Å². The van der Waals surface area contributed by atoms with Crippen molar-refractivity contribution < 1.29 is 14.3 Å². The molecule has 0 saturated carbocycles. The standard InChI is InChI=1S/C26H16N4O3S2/c31-15-33-23-14-34-26(28-23)30-20-13-18(10-11-19(20)24(29-30)16-6-2-1-3-7-16)27-25(32)22-12-17-8-4-5-9-21(17)35-22/h1-15H,(H,27,32). The number of nitrogens with zero attached hydrogens (tertiary/aromatic N) is 3. The molecule has 0 atom stereocenters. The molecule has 1 amide bonds. The summed E-state index contributed by atoms with van der Waals surface area (Å²) in [4.78, 5) is 28.7. The number of rotatable bonds is 6. The minimum atomic E-state index is -0.171. The van der Waals surface area contributed by atoms with Gasteiger partial charge in [0.25, 0.3) is 12.4 Å². The van der Waals surface area contributed by atoms with E-state index in [1.165, 1.54) is 22.7 Å². The van der Waals surface area contributed by atoms with E-state index in [2.05, 4.69) is 10.3 Å². The quantitative estimate of drug-likeness (QED) is 0.280. The van der Waals surface area contributed by atoms with Gasteiger partial charge in [-0.1, -0.05) is 59.9 Å². The van der Waals surface area contributed by atoms with E-state index in [1.807, 2.05) is 78.9 Å². The highest BCUT2D eigenvalue weighted by molar-refractivity contribution is 7.20. The van der Waals surface area contributed by atoms with Crippen molar-refractivity contribution in [3.05, 3.63) is 89.1 Å². The van der Waals surface area contributed by atoms with Crippen LogP contribution in [0.25, 0.3) is 37.4 Å². The Kier molecular flexibility index (Phi) is 5.32. The average molecular weight is 497 g/mol. The second kappa shape index (κ2) is 8.79. The largest absolute Gasteiger partial charge is 0.409 e. The van der Waals surface area contributed by atoms with Crippen LogP contribution in [0.15, 0.2) is 84.2 Å². The maximum Gasteiger partial charge on any atom is 0.299 e. The highest BCUT2D eigenvalue weighted by Crippen LogP contribution is 2.33. The first-order chi connectivity index (χ1) is 17.2. The van der Waals surface area contributed by atoms with Crippen LogP contribution >= 0.6 is 22.7 Å². The maximum absolute atomic E-state index is 13.0. The average Bonchev–Trinajstić information content (AvgIpc) is 3.61. The Morgan fingerprint density at radius 3 is 2.66 bits per heavy atom. The van der Waals surface area contributed by atoms with Gasteiger partial charge in [-0.15, -0.1) is 11.3 Å². The molecule has 0 unspecified atom stereocenters. The Morgan fingerprint density at radius 2 is 1.83 bits per heavy atom. The zero-order valence-electron chi connectivity index (χ0n) is 18.0. The molecule has 3 heterocycles. The summed E-state index contributed by atoms with van der Waals surface area (Å²) in [6, 6.07) is 25.4. The van der Waals surface area contributed by atoms with Crippen LogP contribution in [0.5, 0.6) is 5.88 Å². The number of ether oxygens (including phenoxy) is 1. The topological polar surface area (TPSA) is 86.1 Å². The number of carbonyl (C=O) groups is 2. The van der Waals surface area contributed by atoms with Crippen molar-refractivity contribution in [2.45, 2.75) is 0 Å². The molecule has 9 heteroatoms. The van der Waals surface area contributed by atoms with Crippen LogP contribution in [0.4, 0.5) is 5.69 Å². The fraction of sp³-hybridized carbons (Fsp3) is 0. The first kappa shape index (κ1) is 21.2. The van der Waals surface area contributed by atoms with Gasteiger partial charge in [0.2, 0.25) is 11.0 Å². The molecule has 6 rings (SSSR count). The molecule has 0 saturated heterocycles. The molecular weight excluding hydrogens is 480 g/mol. The van der Waals surface area contributed by atoms with Crippen LogP contribution < -0.4 is 10.1 Å². The fourth-order valence-electron chi connectivity index (χ4n) is 3.88. The van der Waals surface area contributed by atoms with Gasteiger partial charge < -0.3 is 10.1 Å². The minimum absolute atomic E-state index is 0.171. The van der Waals surface area contributed by atoms with E-state index in [4.69, 9.17) is 9.84 Å². The first-order valence-electron chi connectivity index (χ1n) is 10.6. The Hall–Kier alpha value is -4.34. The SMILES string of the molecule is O=COc1csc(-n2nc(-c3ccccc3)c3ccc(NC(=O)c4cc5ccccc5s4)cc32)n1. The molecule has 0 fully saturated rings. The van der Waals surface area contributed by atoms with Crippen molar-refractivity contribution in [1.82, 2.24) is 14.8 Å². The molecule has 3 aromatic carbocycles. The van der Waals surface area contributed by atoms with Gasteiger partial charge >= 0.3 is 0 Å². The summed E-state index contributed by atoms with van der Waals surface area (Å²) in [6.45, 7) is 0.344. The third-order valence-corrected chi connectivity index (χ3v) is 7.37. The molecule has 0 bridgehead atoms. The van der Waals surface area contributed by atoms with E-state index in [9.17, 15) is 9.59 Å². The Labute approximate surface area is 207 Å². The first-order valence-corrected chi connectivity index (χ1v) is 12.3. The van der Waals surface area contributed by atoms with Gasteiger partial charge in [0.05, 0.1) is 15.8 Å². The summed E-state index contributed by atoms with van der Waals surface area (Å²) in [5, 5.41) is 12.0. The highest BCUT2D eigenvalue weighted by atomic mass is 32.1.